The van der Waals surface area contributed by atoms with E-state index in [1.807, 2.05) is 47.4 Å². The van der Waals surface area contributed by atoms with Gasteiger partial charge in [-0.2, -0.15) is 13.2 Å². The van der Waals surface area contributed by atoms with E-state index in [0.29, 0.717) is 38.3 Å². The molecular formula is C25H24F3N3O. The van der Waals surface area contributed by atoms with Crippen LogP contribution >= 0.6 is 0 Å². The van der Waals surface area contributed by atoms with Gasteiger partial charge >= 0.3 is 6.18 Å². The van der Waals surface area contributed by atoms with Crippen molar-refractivity contribution in [3.05, 3.63) is 89.5 Å². The predicted molar refractivity (Wildman–Crippen MR) is 119 cm³/mol. The number of rotatable bonds is 4. The predicted octanol–water partition coefficient (Wildman–Crippen LogP) is 4.79. The Morgan fingerprint density at radius 3 is 2.09 bits per heavy atom. The van der Waals surface area contributed by atoms with Gasteiger partial charge in [-0.25, -0.2) is 0 Å². The SMILES string of the molecule is NCc1cccc(-c2cccc(C(=O)N3CCN(c4ccc(C(F)(F)F)cc4)CC3)c2)c1. The summed E-state index contributed by atoms with van der Waals surface area (Å²) in [6, 6.07) is 20.6. The van der Waals surface area contributed by atoms with Gasteiger partial charge in [-0.05, 0) is 59.2 Å². The van der Waals surface area contributed by atoms with Crippen LogP contribution in [0.25, 0.3) is 11.1 Å². The minimum Gasteiger partial charge on any atom is -0.368 e. The number of alkyl halides is 3. The van der Waals surface area contributed by atoms with Crippen LogP contribution < -0.4 is 10.6 Å². The van der Waals surface area contributed by atoms with Gasteiger partial charge in [0.2, 0.25) is 0 Å². The zero-order chi connectivity index (χ0) is 22.7. The van der Waals surface area contributed by atoms with Gasteiger partial charge in [-0.1, -0.05) is 30.3 Å². The lowest BCUT2D eigenvalue weighted by Crippen LogP contribution is -2.48. The molecule has 0 atom stereocenters. The van der Waals surface area contributed by atoms with Crippen LogP contribution in [0.5, 0.6) is 0 Å². The van der Waals surface area contributed by atoms with Crippen LogP contribution in [0, 0.1) is 0 Å². The quantitative estimate of drug-likeness (QED) is 0.636. The average molecular weight is 439 g/mol. The number of hydrogen-bond donors (Lipinski definition) is 1. The topological polar surface area (TPSA) is 49.6 Å². The molecule has 1 heterocycles. The molecule has 3 aromatic rings. The van der Waals surface area contributed by atoms with Gasteiger partial charge in [0.05, 0.1) is 5.56 Å². The number of nitrogens with zero attached hydrogens (tertiary/aromatic N) is 2. The molecule has 0 saturated carbocycles. The summed E-state index contributed by atoms with van der Waals surface area (Å²) in [6.45, 7) is 2.60. The van der Waals surface area contributed by atoms with Crippen LogP contribution in [0.3, 0.4) is 0 Å². The Labute approximate surface area is 185 Å². The number of anilines is 1. The second-order valence-corrected chi connectivity index (χ2v) is 7.81. The molecule has 32 heavy (non-hydrogen) atoms. The molecule has 0 unspecified atom stereocenters. The van der Waals surface area contributed by atoms with E-state index in [1.54, 1.807) is 11.0 Å². The molecule has 1 fully saturated rings. The molecule has 0 spiro atoms. The van der Waals surface area contributed by atoms with Crippen LogP contribution in [0.15, 0.2) is 72.8 Å². The smallest absolute Gasteiger partial charge is 0.368 e. The van der Waals surface area contributed by atoms with E-state index in [-0.39, 0.29) is 5.91 Å². The highest BCUT2D eigenvalue weighted by Gasteiger charge is 2.30. The first-order valence-corrected chi connectivity index (χ1v) is 10.5. The molecule has 166 valence electrons. The molecular weight excluding hydrogens is 415 g/mol. The molecule has 7 heteroatoms. The van der Waals surface area contributed by atoms with E-state index in [0.717, 1.165) is 34.5 Å². The lowest BCUT2D eigenvalue weighted by Gasteiger charge is -2.36. The maximum atomic E-state index is 13.1. The molecule has 1 aliphatic heterocycles. The second-order valence-electron chi connectivity index (χ2n) is 7.81. The maximum absolute atomic E-state index is 13.1. The molecule has 1 saturated heterocycles. The van der Waals surface area contributed by atoms with Crippen molar-refractivity contribution in [1.82, 2.24) is 4.90 Å². The van der Waals surface area contributed by atoms with Crippen molar-refractivity contribution < 1.29 is 18.0 Å². The summed E-state index contributed by atoms with van der Waals surface area (Å²) in [5.41, 5.74) is 9.41. The standard InChI is InChI=1S/C25H24F3N3O/c26-25(27,28)22-7-9-23(10-8-22)30-11-13-31(14-12-30)24(32)21-6-2-5-20(16-21)19-4-1-3-18(15-19)17-29/h1-10,15-16H,11-14,17,29H2. The van der Waals surface area contributed by atoms with Gasteiger partial charge in [0.15, 0.2) is 0 Å². The molecule has 3 aromatic carbocycles. The van der Waals surface area contributed by atoms with Crippen LogP contribution in [-0.2, 0) is 12.7 Å². The van der Waals surface area contributed by atoms with Crippen molar-refractivity contribution in [2.45, 2.75) is 12.7 Å². The summed E-state index contributed by atoms with van der Waals surface area (Å²) >= 11 is 0. The lowest BCUT2D eigenvalue weighted by atomic mass is 10.0. The van der Waals surface area contributed by atoms with E-state index >= 15 is 0 Å². The first-order chi connectivity index (χ1) is 15.3. The summed E-state index contributed by atoms with van der Waals surface area (Å²) in [4.78, 5) is 16.9. The summed E-state index contributed by atoms with van der Waals surface area (Å²) in [5.74, 6) is -0.0473. The number of halogens is 3. The molecule has 1 amide bonds. The number of nitrogens with two attached hydrogens (primary N) is 1. The number of hydrogen-bond acceptors (Lipinski definition) is 3. The van der Waals surface area contributed by atoms with Crippen molar-refractivity contribution >= 4 is 11.6 Å². The van der Waals surface area contributed by atoms with Crippen molar-refractivity contribution in [2.75, 3.05) is 31.1 Å². The Kier molecular flexibility index (Phi) is 6.19. The van der Waals surface area contributed by atoms with Crippen molar-refractivity contribution in [3.63, 3.8) is 0 Å². The first-order valence-electron chi connectivity index (χ1n) is 10.5. The molecule has 0 bridgehead atoms. The zero-order valence-electron chi connectivity index (χ0n) is 17.5. The van der Waals surface area contributed by atoms with Crippen molar-refractivity contribution in [2.24, 2.45) is 5.73 Å². The second kappa shape index (κ2) is 9.04. The number of carbonyl (C=O) groups excluding carboxylic acids is 1. The summed E-state index contributed by atoms with van der Waals surface area (Å²) in [6.07, 6.45) is -4.34. The fraction of sp³-hybridized carbons (Fsp3) is 0.240. The van der Waals surface area contributed by atoms with Crippen LogP contribution in [0.1, 0.15) is 21.5 Å². The van der Waals surface area contributed by atoms with E-state index < -0.39 is 11.7 Å². The highest BCUT2D eigenvalue weighted by Crippen LogP contribution is 2.31. The van der Waals surface area contributed by atoms with Crippen LogP contribution in [0.2, 0.25) is 0 Å². The molecule has 1 aliphatic rings. The Morgan fingerprint density at radius 1 is 0.844 bits per heavy atom. The summed E-state index contributed by atoms with van der Waals surface area (Å²) in [5, 5.41) is 0. The third-order valence-corrected chi connectivity index (χ3v) is 5.73. The maximum Gasteiger partial charge on any atom is 0.416 e. The van der Waals surface area contributed by atoms with Gasteiger partial charge in [-0.3, -0.25) is 4.79 Å². The number of carbonyl (C=O) groups is 1. The summed E-state index contributed by atoms with van der Waals surface area (Å²) in [7, 11) is 0. The van der Waals surface area contributed by atoms with Gasteiger partial charge in [0.1, 0.15) is 0 Å². The van der Waals surface area contributed by atoms with Gasteiger partial charge in [0, 0.05) is 44.0 Å². The monoisotopic (exact) mass is 439 g/mol. The molecule has 0 aliphatic carbocycles. The van der Waals surface area contributed by atoms with Crippen molar-refractivity contribution in [1.29, 1.82) is 0 Å². The Morgan fingerprint density at radius 2 is 1.47 bits per heavy atom. The molecule has 2 N–H and O–H groups in total. The van der Waals surface area contributed by atoms with E-state index in [2.05, 4.69) is 0 Å². The minimum atomic E-state index is -4.34. The fourth-order valence-corrected chi connectivity index (χ4v) is 3.92. The first kappa shape index (κ1) is 21.9. The van der Waals surface area contributed by atoms with Crippen LogP contribution in [0.4, 0.5) is 18.9 Å². The highest BCUT2D eigenvalue weighted by atomic mass is 19.4. The minimum absolute atomic E-state index is 0.0473. The van der Waals surface area contributed by atoms with Crippen LogP contribution in [-0.4, -0.2) is 37.0 Å². The normalized spacial score (nSPS) is 14.5. The number of piperazine rings is 1. The van der Waals surface area contributed by atoms with E-state index in [1.165, 1.54) is 12.1 Å². The Balaban J connectivity index is 1.42. The molecule has 4 nitrogen and oxygen atoms in total. The lowest BCUT2D eigenvalue weighted by molar-refractivity contribution is -0.137. The Hall–Kier alpha value is -3.32. The molecule has 0 radical (unpaired) electrons. The third kappa shape index (κ3) is 4.78. The number of benzene rings is 3. The van der Waals surface area contributed by atoms with Gasteiger partial charge < -0.3 is 15.5 Å². The van der Waals surface area contributed by atoms with Gasteiger partial charge in [-0.15, -0.1) is 0 Å². The molecule has 4 rings (SSSR count). The van der Waals surface area contributed by atoms with Crippen molar-refractivity contribution in [3.8, 4) is 11.1 Å². The molecule has 0 aromatic heterocycles. The van der Waals surface area contributed by atoms with Gasteiger partial charge in [0.25, 0.3) is 5.91 Å². The van der Waals surface area contributed by atoms with E-state index in [4.69, 9.17) is 5.73 Å². The van der Waals surface area contributed by atoms with E-state index in [9.17, 15) is 18.0 Å². The zero-order valence-corrected chi connectivity index (χ0v) is 17.5. The number of amides is 1. The average Bonchev–Trinajstić information content (AvgIpc) is 2.83. The summed E-state index contributed by atoms with van der Waals surface area (Å²) < 4.78 is 38.3. The Bertz CT molecular complexity index is 1090. The third-order valence-electron chi connectivity index (χ3n) is 5.73. The fourth-order valence-electron chi connectivity index (χ4n) is 3.92. The highest BCUT2D eigenvalue weighted by molar-refractivity contribution is 5.95. The largest absolute Gasteiger partial charge is 0.416 e.